The van der Waals surface area contributed by atoms with Crippen molar-refractivity contribution in [2.45, 2.75) is 38.1 Å². The Balaban J connectivity index is 0.000000315. The topological polar surface area (TPSA) is 90.3 Å². The van der Waals surface area contributed by atoms with Gasteiger partial charge in [-0.05, 0) is 13.3 Å². The molecule has 0 spiro atoms. The van der Waals surface area contributed by atoms with E-state index >= 15 is 0 Å². The van der Waals surface area contributed by atoms with Gasteiger partial charge in [-0.3, -0.25) is 0 Å². The van der Waals surface area contributed by atoms with Gasteiger partial charge in [-0.25, -0.2) is 4.79 Å². The Labute approximate surface area is 124 Å². The number of aliphatic carboxylic acids is 1. The molecule has 1 heterocycles. The maximum Gasteiger partial charge on any atom is 0.330 e. The average molecular weight is 294 g/mol. The highest BCUT2D eigenvalue weighted by molar-refractivity contribution is 5.84. The first-order valence-electron chi connectivity index (χ1n) is 6.80. The van der Waals surface area contributed by atoms with E-state index in [1.807, 2.05) is 13.0 Å². The molecule has 0 radical (unpaired) electrons. The molecule has 0 aromatic heterocycles. The Hall–Kier alpha value is -1.69. The van der Waals surface area contributed by atoms with Crippen molar-refractivity contribution in [3.63, 3.8) is 0 Å². The van der Waals surface area contributed by atoms with Crippen molar-refractivity contribution in [1.29, 1.82) is 0 Å². The maximum atomic E-state index is 10.1. The summed E-state index contributed by atoms with van der Waals surface area (Å²) in [7, 11) is 0. The van der Waals surface area contributed by atoms with Crippen molar-refractivity contribution in [1.82, 2.24) is 0 Å². The van der Waals surface area contributed by atoms with Crippen molar-refractivity contribution in [3.8, 4) is 0 Å². The maximum absolute atomic E-state index is 10.1. The van der Waals surface area contributed by atoms with Gasteiger partial charge < -0.3 is 20.1 Å². The number of epoxide rings is 1. The molecular formula is C16H22O5. The highest BCUT2D eigenvalue weighted by atomic mass is 16.6. The average Bonchev–Trinajstić information content (AvgIpc) is 3.22. The zero-order valence-corrected chi connectivity index (χ0v) is 12.4. The Morgan fingerprint density at radius 3 is 2.19 bits per heavy atom. The van der Waals surface area contributed by atoms with Gasteiger partial charge in [0, 0.05) is 11.1 Å². The summed E-state index contributed by atoms with van der Waals surface area (Å²) >= 11 is 0. The van der Waals surface area contributed by atoms with Crippen LogP contribution in [-0.2, 0) is 15.3 Å². The van der Waals surface area contributed by atoms with Crippen LogP contribution in [-0.4, -0.2) is 33.5 Å². The smallest absolute Gasteiger partial charge is 0.330 e. The second kappa shape index (κ2) is 6.85. The minimum atomic E-state index is -1.87. The fourth-order valence-electron chi connectivity index (χ4n) is 1.94. The lowest BCUT2D eigenvalue weighted by Gasteiger charge is -2.28. The molecule has 1 unspecified atom stereocenters. The van der Waals surface area contributed by atoms with Crippen molar-refractivity contribution >= 4 is 5.97 Å². The molecule has 3 N–H and O–H groups in total. The SMILES string of the molecule is C=C(C)C(=O)O.CCCC1(C(O)(O)c2ccccc2)CO1. The number of carbonyl (C=O) groups is 1. The summed E-state index contributed by atoms with van der Waals surface area (Å²) in [4.78, 5) is 9.60. The van der Waals surface area contributed by atoms with Crippen LogP contribution < -0.4 is 0 Å². The molecule has 0 bridgehead atoms. The highest BCUT2D eigenvalue weighted by Crippen LogP contribution is 2.46. The van der Waals surface area contributed by atoms with Gasteiger partial charge in [0.1, 0.15) is 5.60 Å². The van der Waals surface area contributed by atoms with E-state index in [-0.39, 0.29) is 5.57 Å². The minimum absolute atomic E-state index is 0.176. The van der Waals surface area contributed by atoms with Crippen LogP contribution in [0.4, 0.5) is 0 Å². The van der Waals surface area contributed by atoms with Gasteiger partial charge in [0.05, 0.1) is 6.61 Å². The second-order valence-corrected chi connectivity index (χ2v) is 5.16. The molecule has 21 heavy (non-hydrogen) atoms. The summed E-state index contributed by atoms with van der Waals surface area (Å²) < 4.78 is 5.26. The van der Waals surface area contributed by atoms with E-state index in [0.29, 0.717) is 18.6 Å². The molecule has 1 saturated heterocycles. The molecule has 0 aliphatic carbocycles. The number of carboxylic acid groups (broad SMARTS) is 1. The number of aliphatic hydroxyl groups is 2. The summed E-state index contributed by atoms with van der Waals surface area (Å²) in [5.74, 6) is -2.81. The molecule has 1 aromatic carbocycles. The molecule has 5 heteroatoms. The first-order valence-corrected chi connectivity index (χ1v) is 6.80. The van der Waals surface area contributed by atoms with E-state index in [1.54, 1.807) is 24.3 Å². The lowest BCUT2D eigenvalue weighted by Crippen LogP contribution is -2.42. The van der Waals surface area contributed by atoms with E-state index in [1.165, 1.54) is 6.92 Å². The third kappa shape index (κ3) is 4.14. The molecule has 1 fully saturated rings. The number of hydrogen-bond acceptors (Lipinski definition) is 4. The summed E-state index contributed by atoms with van der Waals surface area (Å²) in [6, 6.07) is 8.84. The highest BCUT2D eigenvalue weighted by Gasteiger charge is 2.60. The third-order valence-electron chi connectivity index (χ3n) is 3.32. The van der Waals surface area contributed by atoms with Crippen LogP contribution in [0, 0.1) is 0 Å². The Kier molecular flexibility index (Phi) is 5.66. The van der Waals surface area contributed by atoms with Crippen LogP contribution in [0.15, 0.2) is 42.5 Å². The van der Waals surface area contributed by atoms with Crippen LogP contribution in [0.3, 0.4) is 0 Å². The molecule has 1 aromatic rings. The molecule has 2 rings (SSSR count). The lowest BCUT2D eigenvalue weighted by atomic mass is 9.88. The summed E-state index contributed by atoms with van der Waals surface area (Å²) in [6.45, 7) is 7.03. The fourth-order valence-corrected chi connectivity index (χ4v) is 1.94. The van der Waals surface area contributed by atoms with Crippen LogP contribution in [0.5, 0.6) is 0 Å². The monoisotopic (exact) mass is 294 g/mol. The Bertz CT molecular complexity index is 477. The van der Waals surface area contributed by atoms with E-state index < -0.39 is 17.4 Å². The van der Waals surface area contributed by atoms with Crippen LogP contribution >= 0.6 is 0 Å². The third-order valence-corrected chi connectivity index (χ3v) is 3.32. The van der Waals surface area contributed by atoms with Crippen molar-refractivity contribution in [2.24, 2.45) is 0 Å². The van der Waals surface area contributed by atoms with Crippen LogP contribution in [0.25, 0.3) is 0 Å². The predicted molar refractivity (Wildman–Crippen MR) is 78.6 cm³/mol. The number of benzene rings is 1. The van der Waals surface area contributed by atoms with Gasteiger partial charge in [0.15, 0.2) is 0 Å². The number of rotatable bonds is 5. The first-order chi connectivity index (χ1) is 9.77. The molecule has 1 aliphatic rings. The van der Waals surface area contributed by atoms with Crippen molar-refractivity contribution < 1.29 is 24.9 Å². The molecule has 5 nitrogen and oxygen atoms in total. The predicted octanol–water partition coefficient (Wildman–Crippen LogP) is 2.04. The van der Waals surface area contributed by atoms with Gasteiger partial charge in [-0.1, -0.05) is 50.3 Å². The molecule has 0 saturated carbocycles. The zero-order chi connectivity index (χ0) is 16.1. The zero-order valence-electron chi connectivity index (χ0n) is 12.4. The van der Waals surface area contributed by atoms with Gasteiger partial charge in [-0.15, -0.1) is 0 Å². The van der Waals surface area contributed by atoms with Gasteiger partial charge in [-0.2, -0.15) is 0 Å². The van der Waals surface area contributed by atoms with E-state index in [9.17, 15) is 15.0 Å². The quantitative estimate of drug-likeness (QED) is 0.439. The van der Waals surface area contributed by atoms with Crippen molar-refractivity contribution in [3.05, 3.63) is 48.0 Å². The van der Waals surface area contributed by atoms with Crippen molar-refractivity contribution in [2.75, 3.05) is 6.61 Å². The number of carboxylic acids is 1. The number of hydrogen-bond donors (Lipinski definition) is 3. The molecule has 116 valence electrons. The van der Waals surface area contributed by atoms with Gasteiger partial charge in [0.2, 0.25) is 5.79 Å². The van der Waals surface area contributed by atoms with Crippen LogP contribution in [0.1, 0.15) is 32.3 Å². The van der Waals surface area contributed by atoms with E-state index in [4.69, 9.17) is 9.84 Å². The summed E-state index contributed by atoms with van der Waals surface area (Å²) in [5.41, 5.74) is -0.116. The van der Waals surface area contributed by atoms with E-state index in [0.717, 1.165) is 6.42 Å². The fraction of sp³-hybridized carbons (Fsp3) is 0.438. The summed E-state index contributed by atoms with van der Waals surface area (Å²) in [5, 5.41) is 28.2. The van der Waals surface area contributed by atoms with E-state index in [2.05, 4.69) is 6.58 Å². The molecule has 0 amide bonds. The van der Waals surface area contributed by atoms with Crippen LogP contribution in [0.2, 0.25) is 0 Å². The minimum Gasteiger partial charge on any atom is -0.478 e. The first kappa shape index (κ1) is 17.4. The number of ether oxygens (including phenoxy) is 1. The largest absolute Gasteiger partial charge is 0.478 e. The molecular weight excluding hydrogens is 272 g/mol. The standard InChI is InChI=1S/C12H16O3.C4H6O2/c1-2-8-11(9-15-11)12(13,14)10-6-4-3-5-7-10;1-3(2)4(5)6/h3-7,13-14H,2,8-9H2,1H3;1H2,2H3,(H,5,6). The second-order valence-electron chi connectivity index (χ2n) is 5.16. The lowest BCUT2D eigenvalue weighted by molar-refractivity contribution is -0.219. The molecule has 1 aliphatic heterocycles. The summed E-state index contributed by atoms with van der Waals surface area (Å²) in [6.07, 6.45) is 1.53. The van der Waals surface area contributed by atoms with Gasteiger partial charge >= 0.3 is 5.97 Å². The Morgan fingerprint density at radius 2 is 1.86 bits per heavy atom. The molecule has 1 atom stereocenters. The van der Waals surface area contributed by atoms with Gasteiger partial charge in [0.25, 0.3) is 0 Å². The Morgan fingerprint density at radius 1 is 1.38 bits per heavy atom. The normalized spacial score (nSPS) is 20.2.